The molecule has 0 aromatic rings. The summed E-state index contributed by atoms with van der Waals surface area (Å²) in [5.41, 5.74) is 0. The highest BCUT2D eigenvalue weighted by atomic mass is 16.5. The summed E-state index contributed by atoms with van der Waals surface area (Å²) in [7, 11) is 0. The minimum Gasteiger partial charge on any atom is -0.375 e. The Hall–Kier alpha value is -0.120. The van der Waals surface area contributed by atoms with E-state index < -0.39 is 0 Å². The van der Waals surface area contributed by atoms with Crippen LogP contribution in [0.3, 0.4) is 0 Å². The molecule has 1 heterocycles. The lowest BCUT2D eigenvalue weighted by Crippen LogP contribution is -2.52. The molecule has 0 aromatic heterocycles. The van der Waals surface area contributed by atoms with Gasteiger partial charge in [0.2, 0.25) is 0 Å². The van der Waals surface area contributed by atoms with E-state index in [4.69, 9.17) is 4.74 Å². The number of nitrogens with one attached hydrogen (secondary N) is 1. The Morgan fingerprint density at radius 3 is 2.94 bits per heavy atom. The fraction of sp³-hybridized carbons (Fsp3) is 1.00. The lowest BCUT2D eigenvalue weighted by molar-refractivity contribution is -0.0882. The highest BCUT2D eigenvalue weighted by Gasteiger charge is 2.33. The van der Waals surface area contributed by atoms with Gasteiger partial charge < -0.3 is 10.1 Å². The molecule has 2 aliphatic rings. The summed E-state index contributed by atoms with van der Waals surface area (Å²) < 4.78 is 5.92. The molecule has 1 aliphatic carbocycles. The van der Waals surface area contributed by atoms with Gasteiger partial charge in [-0.15, -0.1) is 0 Å². The fourth-order valence-electron chi connectivity index (χ4n) is 3.37. The van der Waals surface area contributed by atoms with Crippen LogP contribution in [-0.2, 0) is 4.74 Å². The van der Waals surface area contributed by atoms with Gasteiger partial charge in [0, 0.05) is 12.6 Å². The molecular weight excluding hydrogens is 224 g/mol. The molecule has 2 atom stereocenters. The third-order valence-corrected chi connectivity index (χ3v) is 4.40. The van der Waals surface area contributed by atoms with Crippen molar-refractivity contribution in [3.63, 3.8) is 0 Å². The standard InChI is InChI=1S/C15H30N2O/c1-2-16-10-6-3-7-11-17-12-13-18-15-9-5-4-8-14(15)17/h14-16H,2-13H2,1H3. The van der Waals surface area contributed by atoms with Crippen LogP contribution in [0, 0.1) is 0 Å². The van der Waals surface area contributed by atoms with E-state index in [1.807, 2.05) is 0 Å². The lowest BCUT2D eigenvalue weighted by Gasteiger charge is -2.43. The maximum absolute atomic E-state index is 5.92. The van der Waals surface area contributed by atoms with Crippen molar-refractivity contribution >= 4 is 0 Å². The SMILES string of the molecule is CCNCCCCCN1CCOC2CCCCC21. The molecule has 0 amide bonds. The summed E-state index contributed by atoms with van der Waals surface area (Å²) in [6.07, 6.45) is 10.0. The van der Waals surface area contributed by atoms with Crippen LogP contribution < -0.4 is 5.32 Å². The Kier molecular flexibility index (Phi) is 6.46. The lowest BCUT2D eigenvalue weighted by atomic mass is 9.90. The smallest absolute Gasteiger partial charge is 0.0730 e. The maximum atomic E-state index is 5.92. The Bertz CT molecular complexity index is 221. The second-order valence-corrected chi connectivity index (χ2v) is 5.71. The van der Waals surface area contributed by atoms with E-state index in [9.17, 15) is 0 Å². The van der Waals surface area contributed by atoms with E-state index in [1.165, 1.54) is 58.0 Å². The third kappa shape index (κ3) is 4.22. The topological polar surface area (TPSA) is 24.5 Å². The molecule has 18 heavy (non-hydrogen) atoms. The van der Waals surface area contributed by atoms with E-state index in [-0.39, 0.29) is 0 Å². The van der Waals surface area contributed by atoms with Crippen LogP contribution in [0.5, 0.6) is 0 Å². The molecule has 2 unspecified atom stereocenters. The molecule has 106 valence electrons. The van der Waals surface area contributed by atoms with Crippen LogP contribution in [0.2, 0.25) is 0 Å². The van der Waals surface area contributed by atoms with E-state index in [0.29, 0.717) is 6.10 Å². The summed E-state index contributed by atoms with van der Waals surface area (Å²) in [4.78, 5) is 2.71. The normalized spacial score (nSPS) is 29.2. The van der Waals surface area contributed by atoms with Gasteiger partial charge in [0.15, 0.2) is 0 Å². The van der Waals surface area contributed by atoms with Crippen molar-refractivity contribution in [2.24, 2.45) is 0 Å². The molecule has 1 aliphatic heterocycles. The highest BCUT2D eigenvalue weighted by molar-refractivity contribution is 4.87. The first-order valence-electron chi connectivity index (χ1n) is 7.98. The van der Waals surface area contributed by atoms with E-state index >= 15 is 0 Å². The van der Waals surface area contributed by atoms with Gasteiger partial charge in [-0.1, -0.05) is 26.2 Å². The number of ether oxygens (including phenoxy) is 1. The summed E-state index contributed by atoms with van der Waals surface area (Å²) in [5, 5.41) is 3.40. The number of morpholine rings is 1. The van der Waals surface area contributed by atoms with Crippen molar-refractivity contribution in [3.05, 3.63) is 0 Å². The molecule has 1 N–H and O–H groups in total. The van der Waals surface area contributed by atoms with E-state index in [0.717, 1.165) is 25.7 Å². The Labute approximate surface area is 112 Å². The predicted octanol–water partition coefficient (Wildman–Crippen LogP) is 2.41. The monoisotopic (exact) mass is 254 g/mol. The van der Waals surface area contributed by atoms with Crippen LogP contribution in [0.1, 0.15) is 51.9 Å². The number of rotatable bonds is 7. The van der Waals surface area contributed by atoms with Gasteiger partial charge in [-0.25, -0.2) is 0 Å². The minimum absolute atomic E-state index is 0.550. The molecule has 2 rings (SSSR count). The largest absolute Gasteiger partial charge is 0.375 e. The first-order valence-corrected chi connectivity index (χ1v) is 7.98. The molecular formula is C15H30N2O. The predicted molar refractivity (Wildman–Crippen MR) is 76.0 cm³/mol. The van der Waals surface area contributed by atoms with Gasteiger partial charge in [-0.05, 0) is 45.3 Å². The quantitative estimate of drug-likeness (QED) is 0.706. The maximum Gasteiger partial charge on any atom is 0.0730 e. The fourth-order valence-corrected chi connectivity index (χ4v) is 3.37. The molecule has 0 aromatic carbocycles. The van der Waals surface area contributed by atoms with Gasteiger partial charge in [-0.3, -0.25) is 4.90 Å². The first kappa shape index (κ1) is 14.3. The van der Waals surface area contributed by atoms with Crippen molar-refractivity contribution in [1.29, 1.82) is 0 Å². The van der Waals surface area contributed by atoms with Crippen molar-refractivity contribution < 1.29 is 4.74 Å². The number of nitrogens with zero attached hydrogens (tertiary/aromatic N) is 1. The van der Waals surface area contributed by atoms with Crippen LogP contribution in [0.15, 0.2) is 0 Å². The van der Waals surface area contributed by atoms with Crippen molar-refractivity contribution in [2.45, 2.75) is 64.0 Å². The molecule has 3 nitrogen and oxygen atoms in total. The zero-order valence-corrected chi connectivity index (χ0v) is 12.0. The zero-order chi connectivity index (χ0) is 12.6. The highest BCUT2D eigenvalue weighted by Crippen LogP contribution is 2.28. The molecule has 1 saturated carbocycles. The number of hydrogen-bond donors (Lipinski definition) is 1. The minimum atomic E-state index is 0.550. The second-order valence-electron chi connectivity index (χ2n) is 5.71. The number of hydrogen-bond acceptors (Lipinski definition) is 3. The molecule has 0 bridgehead atoms. The molecule has 2 fully saturated rings. The van der Waals surface area contributed by atoms with Gasteiger partial charge >= 0.3 is 0 Å². The van der Waals surface area contributed by atoms with Crippen LogP contribution in [0.25, 0.3) is 0 Å². The zero-order valence-electron chi connectivity index (χ0n) is 12.0. The molecule has 1 saturated heterocycles. The van der Waals surface area contributed by atoms with Crippen molar-refractivity contribution in [3.8, 4) is 0 Å². The van der Waals surface area contributed by atoms with Crippen LogP contribution in [0.4, 0.5) is 0 Å². The average molecular weight is 254 g/mol. The Balaban J connectivity index is 1.62. The molecule has 3 heteroatoms. The van der Waals surface area contributed by atoms with Crippen molar-refractivity contribution in [2.75, 3.05) is 32.8 Å². The first-order chi connectivity index (χ1) is 8.92. The Morgan fingerprint density at radius 1 is 1.17 bits per heavy atom. The van der Waals surface area contributed by atoms with Gasteiger partial charge in [0.25, 0.3) is 0 Å². The molecule has 0 radical (unpaired) electrons. The summed E-state index contributed by atoms with van der Waals surface area (Å²) in [6, 6.07) is 0.737. The number of fused-ring (bicyclic) bond motifs is 1. The second kappa shape index (κ2) is 8.13. The number of unbranched alkanes of at least 4 members (excludes halogenated alkanes) is 2. The summed E-state index contributed by atoms with van der Waals surface area (Å²) >= 11 is 0. The van der Waals surface area contributed by atoms with E-state index in [1.54, 1.807) is 0 Å². The average Bonchev–Trinajstić information content (AvgIpc) is 2.43. The summed E-state index contributed by atoms with van der Waals surface area (Å²) in [5.74, 6) is 0. The van der Waals surface area contributed by atoms with E-state index in [2.05, 4.69) is 17.1 Å². The third-order valence-electron chi connectivity index (χ3n) is 4.40. The van der Waals surface area contributed by atoms with Crippen LogP contribution >= 0.6 is 0 Å². The van der Waals surface area contributed by atoms with Gasteiger partial charge in [0.1, 0.15) is 0 Å². The van der Waals surface area contributed by atoms with Crippen LogP contribution in [-0.4, -0.2) is 49.8 Å². The summed E-state index contributed by atoms with van der Waals surface area (Å²) in [6.45, 7) is 7.87. The molecule has 0 spiro atoms. The van der Waals surface area contributed by atoms with Crippen molar-refractivity contribution in [1.82, 2.24) is 10.2 Å². The Morgan fingerprint density at radius 2 is 2.06 bits per heavy atom. The van der Waals surface area contributed by atoms with Gasteiger partial charge in [-0.2, -0.15) is 0 Å². The van der Waals surface area contributed by atoms with Gasteiger partial charge in [0.05, 0.1) is 12.7 Å².